The van der Waals surface area contributed by atoms with E-state index < -0.39 is 0 Å². The number of hydrogen-bond donors (Lipinski definition) is 2. The summed E-state index contributed by atoms with van der Waals surface area (Å²) in [6, 6.07) is 15.4. The number of fused-ring (bicyclic) bond motifs is 1. The largest absolute Gasteiger partial charge is 0.378 e. The number of aryl methyl sites for hydroxylation is 1. The van der Waals surface area contributed by atoms with E-state index in [9.17, 15) is 0 Å². The second-order valence-electron chi connectivity index (χ2n) is 5.42. The van der Waals surface area contributed by atoms with Crippen LogP contribution >= 0.6 is 0 Å². The zero-order valence-corrected chi connectivity index (χ0v) is 11.5. The second-order valence-corrected chi connectivity index (χ2v) is 5.42. The van der Waals surface area contributed by atoms with E-state index in [1.165, 1.54) is 27.9 Å². The Morgan fingerprint density at radius 3 is 2.53 bits per heavy atom. The summed E-state index contributed by atoms with van der Waals surface area (Å²) in [5, 5.41) is 3.66. The van der Waals surface area contributed by atoms with Crippen molar-refractivity contribution in [3.05, 3.63) is 64.7 Å². The highest BCUT2D eigenvalue weighted by Crippen LogP contribution is 2.39. The molecule has 0 radical (unpaired) electrons. The lowest BCUT2D eigenvalue weighted by Crippen LogP contribution is -2.10. The van der Waals surface area contributed by atoms with Gasteiger partial charge in [-0.15, -0.1) is 0 Å². The van der Waals surface area contributed by atoms with Crippen LogP contribution in [0, 0.1) is 13.8 Å². The third kappa shape index (κ3) is 2.13. The minimum absolute atomic E-state index is 0.152. The van der Waals surface area contributed by atoms with Gasteiger partial charge in [0.1, 0.15) is 0 Å². The van der Waals surface area contributed by atoms with Crippen molar-refractivity contribution in [3.63, 3.8) is 0 Å². The normalized spacial score (nSPS) is 21.2. The Hall–Kier alpha value is -1.80. The lowest BCUT2D eigenvalue weighted by Gasteiger charge is -2.18. The summed E-state index contributed by atoms with van der Waals surface area (Å²) >= 11 is 0. The third-order valence-corrected chi connectivity index (χ3v) is 4.19. The maximum absolute atomic E-state index is 6.22. The SMILES string of the molecule is Cc1cccc(NC2CC(N)c3ccccc32)c1C. The molecule has 2 heteroatoms. The molecule has 0 aromatic heterocycles. The fourth-order valence-electron chi connectivity index (χ4n) is 2.91. The molecule has 19 heavy (non-hydrogen) atoms. The van der Waals surface area contributed by atoms with Crippen LogP contribution < -0.4 is 11.1 Å². The minimum Gasteiger partial charge on any atom is -0.378 e. The molecule has 3 N–H and O–H groups in total. The number of anilines is 1. The van der Waals surface area contributed by atoms with Crippen molar-refractivity contribution in [2.45, 2.75) is 32.4 Å². The molecule has 0 bridgehead atoms. The molecule has 2 unspecified atom stereocenters. The van der Waals surface area contributed by atoms with Crippen LogP contribution in [-0.4, -0.2) is 0 Å². The van der Waals surface area contributed by atoms with E-state index >= 15 is 0 Å². The first-order valence-electron chi connectivity index (χ1n) is 6.84. The van der Waals surface area contributed by atoms with Gasteiger partial charge in [-0.3, -0.25) is 0 Å². The van der Waals surface area contributed by atoms with Gasteiger partial charge in [0.15, 0.2) is 0 Å². The average molecular weight is 252 g/mol. The Bertz CT molecular complexity index is 604. The zero-order chi connectivity index (χ0) is 13.4. The summed E-state index contributed by atoms with van der Waals surface area (Å²) in [6.07, 6.45) is 0.965. The predicted molar refractivity (Wildman–Crippen MR) is 80.3 cm³/mol. The van der Waals surface area contributed by atoms with Gasteiger partial charge in [-0.25, -0.2) is 0 Å². The highest BCUT2D eigenvalue weighted by Gasteiger charge is 2.28. The molecule has 3 rings (SSSR count). The molecule has 0 saturated carbocycles. The van der Waals surface area contributed by atoms with Gasteiger partial charge < -0.3 is 11.1 Å². The summed E-state index contributed by atoms with van der Waals surface area (Å²) < 4.78 is 0. The summed E-state index contributed by atoms with van der Waals surface area (Å²) in [5.74, 6) is 0. The lowest BCUT2D eigenvalue weighted by atomic mass is 10.1. The van der Waals surface area contributed by atoms with Crippen LogP contribution in [0.25, 0.3) is 0 Å². The molecule has 2 aromatic carbocycles. The molecule has 0 amide bonds. The highest BCUT2D eigenvalue weighted by molar-refractivity contribution is 5.56. The summed E-state index contributed by atoms with van der Waals surface area (Å²) in [7, 11) is 0. The Morgan fingerprint density at radius 1 is 1.00 bits per heavy atom. The first-order chi connectivity index (χ1) is 9.16. The van der Waals surface area contributed by atoms with E-state index in [-0.39, 0.29) is 6.04 Å². The van der Waals surface area contributed by atoms with Crippen LogP contribution in [0.15, 0.2) is 42.5 Å². The first-order valence-corrected chi connectivity index (χ1v) is 6.84. The van der Waals surface area contributed by atoms with Crippen LogP contribution in [0.3, 0.4) is 0 Å². The standard InChI is InChI=1S/C17H20N2/c1-11-6-5-9-16(12(11)2)19-17-10-15(18)13-7-3-4-8-14(13)17/h3-9,15,17,19H,10,18H2,1-2H3. The molecule has 98 valence electrons. The Labute approximate surface area is 114 Å². The maximum atomic E-state index is 6.22. The number of nitrogens with one attached hydrogen (secondary N) is 1. The van der Waals surface area contributed by atoms with Gasteiger partial charge in [-0.2, -0.15) is 0 Å². The van der Waals surface area contributed by atoms with Crippen LogP contribution in [0.2, 0.25) is 0 Å². The lowest BCUT2D eigenvalue weighted by molar-refractivity contribution is 0.648. The van der Waals surface area contributed by atoms with Crippen molar-refractivity contribution in [1.29, 1.82) is 0 Å². The van der Waals surface area contributed by atoms with E-state index in [2.05, 4.69) is 61.6 Å². The van der Waals surface area contributed by atoms with Crippen molar-refractivity contribution in [3.8, 4) is 0 Å². The van der Waals surface area contributed by atoms with Crippen LogP contribution in [0.5, 0.6) is 0 Å². The molecule has 0 aliphatic heterocycles. The van der Waals surface area contributed by atoms with E-state index in [0.29, 0.717) is 6.04 Å². The zero-order valence-electron chi connectivity index (χ0n) is 11.5. The Morgan fingerprint density at radius 2 is 1.74 bits per heavy atom. The van der Waals surface area contributed by atoms with Crippen molar-refractivity contribution < 1.29 is 0 Å². The van der Waals surface area contributed by atoms with Crippen molar-refractivity contribution in [1.82, 2.24) is 0 Å². The fraction of sp³-hybridized carbons (Fsp3) is 0.294. The topological polar surface area (TPSA) is 38.0 Å². The Balaban J connectivity index is 1.91. The average Bonchev–Trinajstić information content (AvgIpc) is 2.73. The van der Waals surface area contributed by atoms with E-state index in [4.69, 9.17) is 5.73 Å². The van der Waals surface area contributed by atoms with Gasteiger partial charge in [0.2, 0.25) is 0 Å². The van der Waals surface area contributed by atoms with Crippen molar-refractivity contribution >= 4 is 5.69 Å². The summed E-state index contributed by atoms with van der Waals surface area (Å²) in [6.45, 7) is 4.31. The molecular weight excluding hydrogens is 232 g/mol. The van der Waals surface area contributed by atoms with Gasteiger partial charge >= 0.3 is 0 Å². The molecule has 1 aliphatic carbocycles. The van der Waals surface area contributed by atoms with Gasteiger partial charge in [0.05, 0.1) is 6.04 Å². The van der Waals surface area contributed by atoms with Crippen LogP contribution in [0.4, 0.5) is 5.69 Å². The predicted octanol–water partition coefficient (Wildman–Crippen LogP) is 3.86. The van der Waals surface area contributed by atoms with E-state index in [0.717, 1.165) is 6.42 Å². The molecule has 0 spiro atoms. The number of rotatable bonds is 2. The maximum Gasteiger partial charge on any atom is 0.0535 e. The third-order valence-electron chi connectivity index (χ3n) is 4.19. The van der Waals surface area contributed by atoms with Gasteiger partial charge in [0.25, 0.3) is 0 Å². The molecule has 0 fully saturated rings. The number of nitrogens with two attached hydrogens (primary N) is 1. The monoisotopic (exact) mass is 252 g/mol. The van der Waals surface area contributed by atoms with E-state index in [1.807, 2.05) is 0 Å². The number of benzene rings is 2. The van der Waals surface area contributed by atoms with Crippen molar-refractivity contribution in [2.24, 2.45) is 5.73 Å². The van der Waals surface area contributed by atoms with E-state index in [1.54, 1.807) is 0 Å². The molecule has 1 aliphatic rings. The molecule has 2 atom stereocenters. The number of hydrogen-bond acceptors (Lipinski definition) is 2. The molecule has 0 saturated heterocycles. The molecule has 0 heterocycles. The molecular formula is C17H20N2. The first kappa shape index (κ1) is 12.2. The molecule has 2 aromatic rings. The quantitative estimate of drug-likeness (QED) is 0.851. The minimum atomic E-state index is 0.152. The van der Waals surface area contributed by atoms with Crippen LogP contribution in [-0.2, 0) is 0 Å². The fourth-order valence-corrected chi connectivity index (χ4v) is 2.91. The summed E-state index contributed by atoms with van der Waals surface area (Å²) in [5.41, 5.74) is 12.7. The molecule has 2 nitrogen and oxygen atoms in total. The van der Waals surface area contributed by atoms with Gasteiger partial charge in [0, 0.05) is 11.7 Å². The summed E-state index contributed by atoms with van der Waals surface area (Å²) in [4.78, 5) is 0. The van der Waals surface area contributed by atoms with Crippen LogP contribution in [0.1, 0.15) is 40.8 Å². The Kier molecular flexibility index (Phi) is 3.03. The second kappa shape index (κ2) is 4.71. The van der Waals surface area contributed by atoms with Crippen molar-refractivity contribution in [2.75, 3.05) is 5.32 Å². The smallest absolute Gasteiger partial charge is 0.0535 e. The van der Waals surface area contributed by atoms with Gasteiger partial charge in [-0.1, -0.05) is 36.4 Å². The van der Waals surface area contributed by atoms with Gasteiger partial charge in [-0.05, 0) is 48.6 Å². The highest BCUT2D eigenvalue weighted by atomic mass is 14.9.